The monoisotopic (exact) mass is 504 g/mol. The molecular weight excluding hydrogens is 472 g/mol. The van der Waals surface area contributed by atoms with Gasteiger partial charge in [-0.15, -0.1) is 0 Å². The summed E-state index contributed by atoms with van der Waals surface area (Å²) in [6.45, 7) is -0.680. The summed E-state index contributed by atoms with van der Waals surface area (Å²) in [7, 11) is 2.70. The second kappa shape index (κ2) is 12.5. The molecule has 0 amide bonds. The second-order valence-corrected chi connectivity index (χ2v) is 8.12. The minimum absolute atomic E-state index is 0.125. The second-order valence-electron chi connectivity index (χ2n) is 8.12. The zero-order valence-electron chi connectivity index (χ0n) is 19.5. The zero-order chi connectivity index (χ0) is 26.3. The number of ether oxygens (including phenoxy) is 5. The molecule has 198 valence electrons. The van der Waals surface area contributed by atoms with Crippen LogP contribution in [0.15, 0.2) is 18.2 Å². The van der Waals surface area contributed by atoms with Crippen molar-refractivity contribution in [1.29, 1.82) is 0 Å². The average molecular weight is 504 g/mol. The predicted octanol–water partition coefficient (Wildman–Crippen LogP) is -2.11. The maximum atomic E-state index is 12.1. The van der Waals surface area contributed by atoms with Crippen molar-refractivity contribution in [2.45, 2.75) is 49.3 Å². The predicted molar refractivity (Wildman–Crippen MR) is 118 cm³/mol. The highest BCUT2D eigenvalue weighted by Crippen LogP contribution is 2.37. The number of benzene rings is 1. The molecule has 13 heteroatoms. The number of hydrogen-bond donors (Lipinski definition) is 7. The quantitative estimate of drug-likeness (QED) is 0.127. The van der Waals surface area contributed by atoms with Gasteiger partial charge in [0.05, 0.1) is 27.4 Å². The van der Waals surface area contributed by atoms with Gasteiger partial charge in [0.1, 0.15) is 42.7 Å². The van der Waals surface area contributed by atoms with E-state index in [9.17, 15) is 35.4 Å². The van der Waals surface area contributed by atoms with Gasteiger partial charge < -0.3 is 59.4 Å². The third kappa shape index (κ3) is 7.25. The highest BCUT2D eigenvalue weighted by atomic mass is 16.7. The first-order valence-electron chi connectivity index (χ1n) is 10.6. The van der Waals surface area contributed by atoms with Crippen LogP contribution >= 0.6 is 0 Å². The number of phenolic OH excluding ortho intramolecular Hbond substituents is 1. The fraction of sp³-hybridized carbons (Fsp3) is 0.591. The number of aliphatic hydroxyl groups is 6. The molecule has 2 rings (SSSR count). The van der Waals surface area contributed by atoms with E-state index in [1.165, 1.54) is 39.4 Å². The third-order valence-electron chi connectivity index (χ3n) is 5.40. The van der Waals surface area contributed by atoms with Crippen LogP contribution in [0, 0.1) is 0 Å². The molecule has 0 unspecified atom stereocenters. The van der Waals surface area contributed by atoms with E-state index in [1.807, 2.05) is 0 Å². The molecule has 0 saturated carbocycles. The lowest BCUT2D eigenvalue weighted by molar-refractivity contribution is -0.311. The summed E-state index contributed by atoms with van der Waals surface area (Å²) in [6, 6.07) is 2.91. The number of rotatable bonds is 11. The molecule has 1 saturated heterocycles. The van der Waals surface area contributed by atoms with E-state index in [4.69, 9.17) is 28.8 Å². The molecule has 7 atom stereocenters. The van der Waals surface area contributed by atoms with E-state index in [1.54, 1.807) is 0 Å². The van der Waals surface area contributed by atoms with Crippen LogP contribution in [-0.2, 0) is 19.0 Å². The summed E-state index contributed by atoms with van der Waals surface area (Å²) >= 11 is 0. The number of esters is 1. The van der Waals surface area contributed by atoms with Gasteiger partial charge in [0.25, 0.3) is 0 Å². The molecule has 7 N–H and O–H groups in total. The van der Waals surface area contributed by atoms with Crippen LogP contribution in [0.1, 0.15) is 12.5 Å². The minimum atomic E-state index is -1.90. The highest BCUT2D eigenvalue weighted by molar-refractivity contribution is 5.87. The highest BCUT2D eigenvalue weighted by Gasteiger charge is 2.45. The molecule has 0 spiro atoms. The van der Waals surface area contributed by atoms with E-state index in [0.717, 1.165) is 6.08 Å². The zero-order valence-corrected chi connectivity index (χ0v) is 19.5. The van der Waals surface area contributed by atoms with Gasteiger partial charge in [-0.05, 0) is 30.7 Å². The number of carbonyl (C=O) groups is 1. The Morgan fingerprint density at radius 1 is 1.14 bits per heavy atom. The van der Waals surface area contributed by atoms with Gasteiger partial charge in [0.2, 0.25) is 5.75 Å². The standard InChI is InChI=1S/C22H32O13/c1-22(30,15(24)8-23)10-34-21-20(29)19(28)18(27)14(35-21)9-33-16(25)5-4-11-6-12(31-2)17(26)13(7-11)32-3/h4-7,14-15,18-21,23-24,26-30H,8-10H2,1-3H3/t14-,15-,18-,19+,20-,21+,22-/m1/s1. The number of aliphatic hydroxyl groups excluding tert-OH is 5. The van der Waals surface area contributed by atoms with Gasteiger partial charge in [-0.3, -0.25) is 0 Å². The molecular formula is C22H32O13. The maximum Gasteiger partial charge on any atom is 0.330 e. The molecule has 0 bridgehead atoms. The van der Waals surface area contributed by atoms with Crippen molar-refractivity contribution in [1.82, 2.24) is 0 Å². The first-order chi connectivity index (χ1) is 16.4. The Balaban J connectivity index is 1.99. The van der Waals surface area contributed by atoms with Crippen molar-refractivity contribution in [3.05, 3.63) is 23.8 Å². The molecule has 1 fully saturated rings. The minimum Gasteiger partial charge on any atom is -0.502 e. The molecule has 0 aromatic heterocycles. The first-order valence-corrected chi connectivity index (χ1v) is 10.6. The Labute approximate surface area is 201 Å². The van der Waals surface area contributed by atoms with Crippen LogP contribution in [0.2, 0.25) is 0 Å². The van der Waals surface area contributed by atoms with Crippen molar-refractivity contribution in [2.75, 3.05) is 34.0 Å². The van der Waals surface area contributed by atoms with E-state index < -0.39 is 68.2 Å². The van der Waals surface area contributed by atoms with Gasteiger partial charge in [-0.25, -0.2) is 4.79 Å². The van der Waals surface area contributed by atoms with Crippen molar-refractivity contribution >= 4 is 12.0 Å². The number of phenols is 1. The maximum absolute atomic E-state index is 12.1. The van der Waals surface area contributed by atoms with Crippen LogP contribution in [0.3, 0.4) is 0 Å². The van der Waals surface area contributed by atoms with Gasteiger partial charge in [0, 0.05) is 6.08 Å². The van der Waals surface area contributed by atoms with E-state index in [-0.39, 0.29) is 17.2 Å². The summed E-state index contributed by atoms with van der Waals surface area (Å²) < 4.78 is 25.7. The number of methoxy groups -OCH3 is 2. The Bertz CT molecular complexity index is 846. The normalized spacial score (nSPS) is 27.3. The smallest absolute Gasteiger partial charge is 0.330 e. The van der Waals surface area contributed by atoms with Crippen LogP contribution in [0.5, 0.6) is 17.2 Å². The van der Waals surface area contributed by atoms with E-state index in [2.05, 4.69) is 0 Å². The number of carbonyl (C=O) groups excluding carboxylic acids is 1. The Hall–Kier alpha value is -2.49. The molecule has 0 aliphatic carbocycles. The van der Waals surface area contributed by atoms with Crippen molar-refractivity contribution in [3.63, 3.8) is 0 Å². The van der Waals surface area contributed by atoms with Crippen molar-refractivity contribution in [3.8, 4) is 17.2 Å². The lowest BCUT2D eigenvalue weighted by atomic mass is 9.98. The first kappa shape index (κ1) is 28.7. The summed E-state index contributed by atoms with van der Waals surface area (Å²) in [6.07, 6.45) is -7.01. The molecule has 1 heterocycles. The van der Waals surface area contributed by atoms with Crippen LogP contribution in [0.4, 0.5) is 0 Å². The average Bonchev–Trinajstić information content (AvgIpc) is 2.84. The van der Waals surface area contributed by atoms with Gasteiger partial charge in [-0.1, -0.05) is 0 Å². The van der Waals surface area contributed by atoms with Crippen LogP contribution in [-0.4, -0.2) is 118 Å². The largest absolute Gasteiger partial charge is 0.502 e. The molecule has 13 nitrogen and oxygen atoms in total. The van der Waals surface area contributed by atoms with Crippen molar-refractivity contribution in [2.24, 2.45) is 0 Å². The van der Waals surface area contributed by atoms with Gasteiger partial charge >= 0.3 is 5.97 Å². The molecule has 1 aliphatic heterocycles. The Morgan fingerprint density at radius 3 is 2.29 bits per heavy atom. The van der Waals surface area contributed by atoms with Crippen LogP contribution < -0.4 is 9.47 Å². The van der Waals surface area contributed by atoms with E-state index in [0.29, 0.717) is 5.56 Å². The summed E-state index contributed by atoms with van der Waals surface area (Å²) in [5.41, 5.74) is -1.45. The lowest BCUT2D eigenvalue weighted by Crippen LogP contribution is -2.60. The molecule has 0 radical (unpaired) electrons. The molecule has 1 aromatic rings. The Morgan fingerprint density at radius 2 is 1.74 bits per heavy atom. The number of aromatic hydroxyl groups is 1. The third-order valence-corrected chi connectivity index (χ3v) is 5.40. The summed E-state index contributed by atoms with van der Waals surface area (Å²) in [5.74, 6) is -0.790. The van der Waals surface area contributed by atoms with E-state index >= 15 is 0 Å². The fourth-order valence-electron chi connectivity index (χ4n) is 3.12. The number of hydrogen-bond acceptors (Lipinski definition) is 13. The molecule has 1 aromatic carbocycles. The van der Waals surface area contributed by atoms with Gasteiger partial charge in [0.15, 0.2) is 17.8 Å². The van der Waals surface area contributed by atoms with Crippen LogP contribution in [0.25, 0.3) is 6.08 Å². The van der Waals surface area contributed by atoms with Gasteiger partial charge in [-0.2, -0.15) is 0 Å². The topological polar surface area (TPSA) is 205 Å². The Kier molecular flexibility index (Phi) is 10.2. The molecule has 1 aliphatic rings. The fourth-order valence-corrected chi connectivity index (χ4v) is 3.12. The summed E-state index contributed by atoms with van der Waals surface area (Å²) in [5, 5.41) is 69.0. The lowest BCUT2D eigenvalue weighted by Gasteiger charge is -2.41. The van der Waals surface area contributed by atoms with Crippen molar-refractivity contribution < 1.29 is 64.2 Å². The molecule has 35 heavy (non-hydrogen) atoms. The SMILES string of the molecule is COc1cc(C=CC(=O)OC[C@H]2O[C@H](OC[C@@](C)(O)[C@H](O)CO)[C@H](O)[C@@H](O)[C@@H]2O)cc(OC)c1O. The summed E-state index contributed by atoms with van der Waals surface area (Å²) in [4.78, 5) is 12.1.